The molecule has 1 aromatic heterocycles. The van der Waals surface area contributed by atoms with Gasteiger partial charge < -0.3 is 4.90 Å². The maximum absolute atomic E-state index is 12.2. The van der Waals surface area contributed by atoms with Gasteiger partial charge in [0, 0.05) is 24.4 Å². The summed E-state index contributed by atoms with van der Waals surface area (Å²) in [5, 5.41) is 14.6. The molecule has 1 aliphatic rings. The number of anilines is 1. The van der Waals surface area contributed by atoms with Crippen molar-refractivity contribution < 1.29 is 4.79 Å². The van der Waals surface area contributed by atoms with E-state index in [-0.39, 0.29) is 11.8 Å². The smallest absolute Gasteiger partial charge is 0.227 e. The van der Waals surface area contributed by atoms with Gasteiger partial charge in [0.2, 0.25) is 5.91 Å². The molecule has 1 fully saturated rings. The molecule has 0 N–H and O–H groups in total. The largest absolute Gasteiger partial charge is 0.310 e. The molecule has 9 heteroatoms. The summed E-state index contributed by atoms with van der Waals surface area (Å²) in [6.07, 6.45) is 1.86. The third kappa shape index (κ3) is 2.54. The summed E-state index contributed by atoms with van der Waals surface area (Å²) in [5.41, 5.74) is 9.86. The van der Waals surface area contributed by atoms with Gasteiger partial charge in [-0.2, -0.15) is 4.68 Å². The average Bonchev–Trinajstić information content (AvgIpc) is 3.15. The third-order valence-electron chi connectivity index (χ3n) is 3.38. The molecule has 1 saturated heterocycles. The third-order valence-corrected chi connectivity index (χ3v) is 3.38. The molecule has 0 spiro atoms. The number of carbonyl (C=O) groups excluding carboxylic acids is 1. The number of carbonyl (C=O) groups is 1. The predicted octanol–water partition coefficient (Wildman–Crippen LogP) is 1.33. The highest BCUT2D eigenvalue weighted by molar-refractivity contribution is 5.97. The Kier molecular flexibility index (Phi) is 3.48. The highest BCUT2D eigenvalue weighted by Gasteiger charge is 2.31. The maximum atomic E-state index is 12.2. The van der Waals surface area contributed by atoms with Crippen LogP contribution in [0.25, 0.3) is 16.1 Å². The van der Waals surface area contributed by atoms with E-state index in [1.807, 2.05) is 24.3 Å². The molecular weight excluding hydrogens is 272 g/mol. The first-order valence-corrected chi connectivity index (χ1v) is 6.43. The van der Waals surface area contributed by atoms with E-state index in [0.717, 1.165) is 11.4 Å². The lowest BCUT2D eigenvalue weighted by Gasteiger charge is -2.19. The van der Waals surface area contributed by atoms with Crippen LogP contribution in [0.4, 0.5) is 5.69 Å². The molecule has 0 bridgehead atoms. The van der Waals surface area contributed by atoms with Gasteiger partial charge in [0.25, 0.3) is 0 Å². The number of hydrogen-bond donors (Lipinski definition) is 0. The molecule has 1 atom stereocenters. The number of azide groups is 1. The van der Waals surface area contributed by atoms with Gasteiger partial charge in [-0.1, -0.05) is 17.2 Å². The Hall–Kier alpha value is -2.93. The zero-order valence-electron chi connectivity index (χ0n) is 11.1. The van der Waals surface area contributed by atoms with E-state index in [4.69, 9.17) is 5.53 Å². The lowest BCUT2D eigenvalue weighted by atomic mass is 10.1. The number of hydrogen-bond acceptors (Lipinski definition) is 5. The van der Waals surface area contributed by atoms with Crippen molar-refractivity contribution in [2.24, 2.45) is 11.0 Å². The Balaban J connectivity index is 1.91. The van der Waals surface area contributed by atoms with Crippen LogP contribution in [0.3, 0.4) is 0 Å². The molecule has 2 aromatic rings. The number of nitrogens with zero attached hydrogens (tertiary/aromatic N) is 8. The number of para-hydroxylation sites is 2. The zero-order chi connectivity index (χ0) is 14.7. The second-order valence-corrected chi connectivity index (χ2v) is 4.73. The first kappa shape index (κ1) is 13.1. The molecule has 0 saturated carbocycles. The highest BCUT2D eigenvalue weighted by atomic mass is 16.2. The van der Waals surface area contributed by atoms with Gasteiger partial charge in [-0.3, -0.25) is 4.79 Å². The van der Waals surface area contributed by atoms with Crippen LogP contribution in [-0.2, 0) is 4.79 Å². The predicted molar refractivity (Wildman–Crippen MR) is 73.6 cm³/mol. The topological polar surface area (TPSA) is 113 Å². The first-order chi connectivity index (χ1) is 10.3. The van der Waals surface area contributed by atoms with Crippen LogP contribution in [0.2, 0.25) is 0 Å². The molecular formula is C12H12N8O. The minimum absolute atomic E-state index is 0.00802. The Morgan fingerprint density at radius 1 is 1.38 bits per heavy atom. The van der Waals surface area contributed by atoms with E-state index in [0.29, 0.717) is 19.5 Å². The van der Waals surface area contributed by atoms with Gasteiger partial charge in [-0.05, 0) is 34.0 Å². The SMILES string of the molecule is [N-]=[N+]=NCC1CC(=O)N(c2ccccc2-n2cnnn2)C1. The molecule has 0 radical (unpaired) electrons. The van der Waals surface area contributed by atoms with Crippen molar-refractivity contribution in [3.63, 3.8) is 0 Å². The molecule has 9 nitrogen and oxygen atoms in total. The molecule has 3 rings (SSSR count). The summed E-state index contributed by atoms with van der Waals surface area (Å²) >= 11 is 0. The molecule has 1 aliphatic heterocycles. The van der Waals surface area contributed by atoms with E-state index in [9.17, 15) is 4.79 Å². The number of tetrazole rings is 1. The quantitative estimate of drug-likeness (QED) is 0.478. The van der Waals surface area contributed by atoms with Crippen LogP contribution in [0.1, 0.15) is 6.42 Å². The summed E-state index contributed by atoms with van der Waals surface area (Å²) in [6, 6.07) is 7.42. The summed E-state index contributed by atoms with van der Waals surface area (Å²) in [4.78, 5) is 16.6. The first-order valence-electron chi connectivity index (χ1n) is 6.43. The van der Waals surface area contributed by atoms with Crippen molar-refractivity contribution >= 4 is 11.6 Å². The summed E-state index contributed by atoms with van der Waals surface area (Å²) in [6.45, 7) is 0.850. The second kappa shape index (κ2) is 5.59. The Morgan fingerprint density at radius 2 is 2.19 bits per heavy atom. The Labute approximate surface area is 119 Å². The molecule has 1 aromatic carbocycles. The number of rotatable bonds is 4. The monoisotopic (exact) mass is 284 g/mol. The number of aromatic nitrogens is 4. The Bertz CT molecular complexity index is 691. The van der Waals surface area contributed by atoms with Crippen molar-refractivity contribution in [1.29, 1.82) is 0 Å². The van der Waals surface area contributed by atoms with Gasteiger partial charge >= 0.3 is 0 Å². The van der Waals surface area contributed by atoms with Crippen molar-refractivity contribution in [2.75, 3.05) is 18.0 Å². The molecule has 1 amide bonds. The summed E-state index contributed by atoms with van der Waals surface area (Å²) in [5.74, 6) is 0.0454. The van der Waals surface area contributed by atoms with Gasteiger partial charge in [-0.25, -0.2) is 0 Å². The number of benzene rings is 1. The highest BCUT2D eigenvalue weighted by Crippen LogP contribution is 2.29. The van der Waals surface area contributed by atoms with Crippen LogP contribution < -0.4 is 4.90 Å². The van der Waals surface area contributed by atoms with Crippen LogP contribution in [0, 0.1) is 5.92 Å². The normalized spacial score (nSPS) is 17.8. The van der Waals surface area contributed by atoms with E-state index in [2.05, 4.69) is 25.6 Å². The van der Waals surface area contributed by atoms with Crippen molar-refractivity contribution in [1.82, 2.24) is 20.2 Å². The summed E-state index contributed by atoms with van der Waals surface area (Å²) < 4.78 is 1.52. The van der Waals surface area contributed by atoms with E-state index in [1.54, 1.807) is 4.90 Å². The fourth-order valence-corrected chi connectivity index (χ4v) is 2.45. The molecule has 2 heterocycles. The Morgan fingerprint density at radius 3 is 2.90 bits per heavy atom. The minimum Gasteiger partial charge on any atom is -0.310 e. The lowest BCUT2D eigenvalue weighted by molar-refractivity contribution is -0.117. The van der Waals surface area contributed by atoms with E-state index < -0.39 is 0 Å². The molecule has 21 heavy (non-hydrogen) atoms. The molecule has 0 aliphatic carbocycles. The van der Waals surface area contributed by atoms with Crippen molar-refractivity contribution in [3.8, 4) is 5.69 Å². The van der Waals surface area contributed by atoms with Crippen LogP contribution in [0.15, 0.2) is 35.7 Å². The molecule has 1 unspecified atom stereocenters. The second-order valence-electron chi connectivity index (χ2n) is 4.73. The maximum Gasteiger partial charge on any atom is 0.227 e. The van der Waals surface area contributed by atoms with Crippen molar-refractivity contribution in [2.45, 2.75) is 6.42 Å². The van der Waals surface area contributed by atoms with Crippen LogP contribution in [0.5, 0.6) is 0 Å². The minimum atomic E-state index is 0.00802. The van der Waals surface area contributed by atoms with Gasteiger partial charge in [-0.15, -0.1) is 5.10 Å². The van der Waals surface area contributed by atoms with Gasteiger partial charge in [0.15, 0.2) is 0 Å². The van der Waals surface area contributed by atoms with Crippen LogP contribution in [-0.4, -0.2) is 39.2 Å². The number of amides is 1. The van der Waals surface area contributed by atoms with Gasteiger partial charge in [0.05, 0.1) is 11.4 Å². The van der Waals surface area contributed by atoms with Gasteiger partial charge in [0.1, 0.15) is 6.33 Å². The van der Waals surface area contributed by atoms with Crippen molar-refractivity contribution in [3.05, 3.63) is 41.0 Å². The summed E-state index contributed by atoms with van der Waals surface area (Å²) in [7, 11) is 0. The average molecular weight is 284 g/mol. The lowest BCUT2D eigenvalue weighted by Crippen LogP contribution is -2.26. The fraction of sp³-hybridized carbons (Fsp3) is 0.333. The molecule has 106 valence electrons. The van der Waals surface area contributed by atoms with E-state index >= 15 is 0 Å². The van der Waals surface area contributed by atoms with E-state index in [1.165, 1.54) is 11.0 Å². The standard InChI is InChI=1S/C12H12N8O/c13-16-14-6-9-5-12(21)19(7-9)10-3-1-2-4-11(10)20-8-15-17-18-20/h1-4,8-9H,5-7H2. The zero-order valence-corrected chi connectivity index (χ0v) is 11.1. The van der Waals surface area contributed by atoms with Crippen LogP contribution >= 0.6 is 0 Å². The fourth-order valence-electron chi connectivity index (χ4n) is 2.45.